The van der Waals surface area contributed by atoms with Gasteiger partial charge in [0.2, 0.25) is 5.91 Å². The van der Waals surface area contributed by atoms with Gasteiger partial charge in [0.05, 0.1) is 23.9 Å². The van der Waals surface area contributed by atoms with Crippen LogP contribution in [0.4, 0.5) is 0 Å². The number of aromatic nitrogens is 2. The Kier molecular flexibility index (Phi) is 3.67. The summed E-state index contributed by atoms with van der Waals surface area (Å²) in [6, 6.07) is 7.35. The minimum Gasteiger partial charge on any atom is -0.349 e. The molecule has 1 aromatic heterocycles. The topological polar surface area (TPSA) is 46.9 Å². The molecule has 1 heterocycles. The molecule has 0 aliphatic carbocycles. The van der Waals surface area contributed by atoms with Gasteiger partial charge in [0.1, 0.15) is 6.04 Å². The van der Waals surface area contributed by atoms with Crippen molar-refractivity contribution in [3.63, 3.8) is 0 Å². The number of nitrogens with one attached hydrogen (secondary N) is 1. The van der Waals surface area contributed by atoms with E-state index >= 15 is 0 Å². The van der Waals surface area contributed by atoms with Crippen molar-refractivity contribution in [2.45, 2.75) is 13.0 Å². The maximum absolute atomic E-state index is 11.9. The van der Waals surface area contributed by atoms with Crippen LogP contribution in [-0.2, 0) is 4.79 Å². The first-order valence-corrected chi connectivity index (χ1v) is 6.00. The van der Waals surface area contributed by atoms with Crippen LogP contribution in [-0.4, -0.2) is 22.0 Å². The number of carbonyl (C=O) groups is 1. The predicted octanol–water partition coefficient (Wildman–Crippen LogP) is 2.47. The van der Waals surface area contributed by atoms with Crippen LogP contribution in [0.15, 0.2) is 42.2 Å². The molecule has 4 nitrogen and oxygen atoms in total. The molecule has 0 aliphatic heterocycles. The zero-order valence-corrected chi connectivity index (χ0v) is 10.8. The van der Waals surface area contributed by atoms with Gasteiger partial charge in [-0.05, 0) is 19.1 Å². The number of carbonyl (C=O) groups excluding carboxylic acids is 1. The van der Waals surface area contributed by atoms with Crippen molar-refractivity contribution in [1.82, 2.24) is 14.9 Å². The quantitative estimate of drug-likeness (QED) is 0.921. The third kappa shape index (κ3) is 2.54. The molecule has 1 amide bonds. The van der Waals surface area contributed by atoms with Gasteiger partial charge in [-0.2, -0.15) is 0 Å². The lowest BCUT2D eigenvalue weighted by molar-refractivity contribution is -0.123. The summed E-state index contributed by atoms with van der Waals surface area (Å²) in [6.07, 6.45) is 1.67. The fourth-order valence-corrected chi connectivity index (χ4v) is 1.81. The van der Waals surface area contributed by atoms with Gasteiger partial charge in [-0.25, -0.2) is 4.98 Å². The second kappa shape index (κ2) is 5.23. The van der Waals surface area contributed by atoms with Crippen molar-refractivity contribution in [2.24, 2.45) is 0 Å². The molecule has 1 aromatic carbocycles. The smallest absolute Gasteiger partial charge is 0.243 e. The molecule has 94 valence electrons. The van der Waals surface area contributed by atoms with E-state index in [1.165, 1.54) is 0 Å². The SMILES string of the molecule is C=C(Cl)CNC(=O)C(C)n1cnc2ccccc21. The van der Waals surface area contributed by atoms with Crippen molar-refractivity contribution >= 4 is 28.5 Å². The summed E-state index contributed by atoms with van der Waals surface area (Å²) in [5, 5.41) is 3.12. The lowest BCUT2D eigenvalue weighted by Crippen LogP contribution is -2.31. The summed E-state index contributed by atoms with van der Waals surface area (Å²) in [6.45, 7) is 5.63. The lowest BCUT2D eigenvalue weighted by atomic mass is 10.2. The van der Waals surface area contributed by atoms with E-state index in [1.54, 1.807) is 6.33 Å². The lowest BCUT2D eigenvalue weighted by Gasteiger charge is -2.14. The Morgan fingerprint density at radius 3 is 3.00 bits per heavy atom. The number of nitrogens with zero attached hydrogens (tertiary/aromatic N) is 2. The molecule has 2 aromatic rings. The number of hydrogen-bond acceptors (Lipinski definition) is 2. The monoisotopic (exact) mass is 263 g/mol. The Labute approximate surface area is 110 Å². The Balaban J connectivity index is 2.20. The van der Waals surface area contributed by atoms with E-state index in [0.717, 1.165) is 11.0 Å². The van der Waals surface area contributed by atoms with Crippen LogP contribution in [0.25, 0.3) is 11.0 Å². The number of fused-ring (bicyclic) bond motifs is 1. The predicted molar refractivity (Wildman–Crippen MR) is 72.4 cm³/mol. The summed E-state index contributed by atoms with van der Waals surface area (Å²) in [7, 11) is 0. The average Bonchev–Trinajstić information content (AvgIpc) is 2.78. The van der Waals surface area contributed by atoms with Crippen molar-refractivity contribution in [3.05, 3.63) is 42.2 Å². The van der Waals surface area contributed by atoms with Gasteiger partial charge < -0.3 is 9.88 Å². The fourth-order valence-electron chi connectivity index (χ4n) is 1.74. The standard InChI is InChI=1S/C13H14ClN3O/c1-9(14)7-15-13(18)10(2)17-8-16-11-5-3-4-6-12(11)17/h3-6,8,10H,1,7H2,2H3,(H,15,18). The largest absolute Gasteiger partial charge is 0.349 e. The fraction of sp³-hybridized carbons (Fsp3) is 0.231. The molecule has 1 N–H and O–H groups in total. The highest BCUT2D eigenvalue weighted by Gasteiger charge is 2.16. The van der Waals surface area contributed by atoms with E-state index in [0.29, 0.717) is 5.03 Å². The van der Waals surface area contributed by atoms with Crippen LogP contribution in [0.5, 0.6) is 0 Å². The molecule has 18 heavy (non-hydrogen) atoms. The number of benzene rings is 1. The van der Waals surface area contributed by atoms with Crippen LogP contribution in [0.2, 0.25) is 0 Å². The van der Waals surface area contributed by atoms with Gasteiger partial charge in [-0.3, -0.25) is 4.79 Å². The first-order valence-electron chi connectivity index (χ1n) is 5.62. The van der Waals surface area contributed by atoms with Gasteiger partial charge in [0.25, 0.3) is 0 Å². The summed E-state index contributed by atoms with van der Waals surface area (Å²) >= 11 is 5.62. The normalized spacial score (nSPS) is 12.3. The van der Waals surface area contributed by atoms with Gasteiger partial charge in [0, 0.05) is 5.03 Å². The number of rotatable bonds is 4. The first-order chi connectivity index (χ1) is 8.59. The molecule has 0 fully saturated rings. The van der Waals surface area contributed by atoms with Crippen LogP contribution < -0.4 is 5.32 Å². The molecule has 1 unspecified atom stereocenters. The second-order valence-electron chi connectivity index (χ2n) is 4.05. The Hall–Kier alpha value is -1.81. The van der Waals surface area contributed by atoms with Gasteiger partial charge >= 0.3 is 0 Å². The molecule has 0 saturated carbocycles. The van der Waals surface area contributed by atoms with E-state index < -0.39 is 0 Å². The molecule has 0 bridgehead atoms. The van der Waals surface area contributed by atoms with Gasteiger partial charge in [-0.15, -0.1) is 0 Å². The highest BCUT2D eigenvalue weighted by atomic mass is 35.5. The summed E-state index contributed by atoms with van der Waals surface area (Å²) in [4.78, 5) is 16.2. The summed E-state index contributed by atoms with van der Waals surface area (Å²) in [5.74, 6) is -0.111. The summed E-state index contributed by atoms with van der Waals surface area (Å²) < 4.78 is 1.83. The Bertz CT molecular complexity index is 591. The number of imidazole rings is 1. The van der Waals surface area contributed by atoms with Crippen LogP contribution in [0.1, 0.15) is 13.0 Å². The minimum atomic E-state index is -0.339. The van der Waals surface area contributed by atoms with Gasteiger partial charge in [-0.1, -0.05) is 30.3 Å². The van der Waals surface area contributed by atoms with Crippen molar-refractivity contribution in [1.29, 1.82) is 0 Å². The molecule has 0 aliphatic rings. The first kappa shape index (κ1) is 12.6. The van der Waals surface area contributed by atoms with E-state index in [1.807, 2.05) is 35.8 Å². The number of para-hydroxylation sites is 2. The van der Waals surface area contributed by atoms with Crippen LogP contribution in [0, 0.1) is 0 Å². The van der Waals surface area contributed by atoms with Gasteiger partial charge in [0.15, 0.2) is 0 Å². The highest BCUT2D eigenvalue weighted by Crippen LogP contribution is 2.17. The molecular weight excluding hydrogens is 250 g/mol. The van der Waals surface area contributed by atoms with E-state index in [4.69, 9.17) is 11.6 Å². The molecule has 1 atom stereocenters. The average molecular weight is 264 g/mol. The minimum absolute atomic E-state index is 0.111. The van der Waals surface area contributed by atoms with Crippen molar-refractivity contribution in [2.75, 3.05) is 6.54 Å². The molecule has 0 saturated heterocycles. The zero-order valence-electron chi connectivity index (χ0n) is 10.1. The number of halogens is 1. The second-order valence-corrected chi connectivity index (χ2v) is 4.59. The maximum atomic E-state index is 11.9. The maximum Gasteiger partial charge on any atom is 0.243 e. The Morgan fingerprint density at radius 2 is 2.28 bits per heavy atom. The molecular formula is C13H14ClN3O. The highest BCUT2D eigenvalue weighted by molar-refractivity contribution is 6.29. The van der Waals surface area contributed by atoms with Crippen molar-refractivity contribution < 1.29 is 4.79 Å². The van der Waals surface area contributed by atoms with E-state index in [-0.39, 0.29) is 18.5 Å². The zero-order chi connectivity index (χ0) is 13.1. The molecule has 0 spiro atoms. The third-order valence-corrected chi connectivity index (χ3v) is 2.87. The number of amides is 1. The van der Waals surface area contributed by atoms with Crippen LogP contribution >= 0.6 is 11.6 Å². The van der Waals surface area contributed by atoms with Crippen LogP contribution in [0.3, 0.4) is 0 Å². The van der Waals surface area contributed by atoms with Crippen molar-refractivity contribution in [3.8, 4) is 0 Å². The van der Waals surface area contributed by atoms with E-state index in [9.17, 15) is 4.79 Å². The molecule has 2 rings (SSSR count). The summed E-state index contributed by atoms with van der Waals surface area (Å²) in [5.41, 5.74) is 1.81. The van der Waals surface area contributed by atoms with E-state index in [2.05, 4.69) is 16.9 Å². The number of hydrogen-bond donors (Lipinski definition) is 1. The Morgan fingerprint density at radius 1 is 1.56 bits per heavy atom. The molecule has 0 radical (unpaired) electrons. The third-order valence-electron chi connectivity index (χ3n) is 2.73. The molecule has 5 heteroatoms.